The fourth-order valence-corrected chi connectivity index (χ4v) is 2.86. The lowest BCUT2D eigenvalue weighted by molar-refractivity contribution is -0.131. The second-order valence-corrected chi connectivity index (χ2v) is 5.54. The van der Waals surface area contributed by atoms with E-state index < -0.39 is 6.10 Å². The van der Waals surface area contributed by atoms with Crippen LogP contribution in [0.3, 0.4) is 0 Å². The van der Waals surface area contributed by atoms with E-state index in [-0.39, 0.29) is 5.91 Å². The van der Waals surface area contributed by atoms with Crippen molar-refractivity contribution in [2.45, 2.75) is 39.8 Å². The van der Waals surface area contributed by atoms with Crippen molar-refractivity contribution in [2.24, 2.45) is 0 Å². The van der Waals surface area contributed by atoms with E-state index in [9.17, 15) is 4.79 Å². The smallest absolute Gasteiger partial charge is 0.253 e. The van der Waals surface area contributed by atoms with Crippen LogP contribution < -0.4 is 5.32 Å². The van der Waals surface area contributed by atoms with Crippen molar-refractivity contribution < 1.29 is 9.53 Å². The highest BCUT2D eigenvalue weighted by atomic mass is 16.5. The number of nitrogens with one attached hydrogen (secondary N) is 1. The zero-order chi connectivity index (χ0) is 16.8. The average molecular weight is 315 g/mol. The molecular formula is C18H25N3O2. The van der Waals surface area contributed by atoms with Gasteiger partial charge in [-0.1, -0.05) is 37.3 Å². The van der Waals surface area contributed by atoms with Crippen molar-refractivity contribution in [1.29, 1.82) is 0 Å². The van der Waals surface area contributed by atoms with Gasteiger partial charge in [0.25, 0.3) is 5.91 Å². The van der Waals surface area contributed by atoms with Crippen LogP contribution in [0.15, 0.2) is 30.3 Å². The molecule has 0 aliphatic rings. The van der Waals surface area contributed by atoms with Gasteiger partial charge in [-0.15, -0.1) is 0 Å². The third kappa shape index (κ3) is 3.99. The molecule has 124 valence electrons. The number of benzene rings is 1. The molecule has 0 bridgehead atoms. The van der Waals surface area contributed by atoms with Crippen molar-refractivity contribution in [1.82, 2.24) is 15.1 Å². The van der Waals surface area contributed by atoms with Crippen LogP contribution in [0.4, 0.5) is 0 Å². The lowest BCUT2D eigenvalue weighted by atomic mass is 10.1. The number of aryl methyl sites for hydroxylation is 1. The fraction of sp³-hybridized carbons (Fsp3) is 0.444. The molecule has 0 unspecified atom stereocenters. The Morgan fingerprint density at radius 3 is 2.57 bits per heavy atom. The van der Waals surface area contributed by atoms with Gasteiger partial charge in [-0.25, -0.2) is 0 Å². The summed E-state index contributed by atoms with van der Waals surface area (Å²) in [5.74, 6) is -0.129. The maximum absolute atomic E-state index is 12.3. The Balaban J connectivity index is 1.94. The summed E-state index contributed by atoms with van der Waals surface area (Å²) in [5.41, 5.74) is 4.38. The monoisotopic (exact) mass is 315 g/mol. The van der Waals surface area contributed by atoms with Crippen LogP contribution >= 0.6 is 0 Å². The maximum atomic E-state index is 12.3. The van der Waals surface area contributed by atoms with Crippen LogP contribution in [0.5, 0.6) is 0 Å². The van der Waals surface area contributed by atoms with Gasteiger partial charge in [0.05, 0.1) is 12.2 Å². The summed E-state index contributed by atoms with van der Waals surface area (Å²) in [4.78, 5) is 12.3. The lowest BCUT2D eigenvalue weighted by Gasteiger charge is -2.16. The minimum Gasteiger partial charge on any atom is -0.367 e. The second kappa shape index (κ2) is 7.92. The molecular weight excluding hydrogens is 290 g/mol. The Morgan fingerprint density at radius 1 is 1.30 bits per heavy atom. The number of aromatic nitrogens is 2. The third-order valence-electron chi connectivity index (χ3n) is 4.08. The molecule has 23 heavy (non-hydrogen) atoms. The highest BCUT2D eigenvalue weighted by molar-refractivity contribution is 5.82. The summed E-state index contributed by atoms with van der Waals surface area (Å²) < 4.78 is 7.29. The maximum Gasteiger partial charge on any atom is 0.253 e. The molecule has 2 rings (SSSR count). The summed E-state index contributed by atoms with van der Waals surface area (Å²) in [6, 6.07) is 9.50. The Hall–Kier alpha value is -2.14. The molecule has 1 N–H and O–H groups in total. The summed E-state index contributed by atoms with van der Waals surface area (Å²) in [6.07, 6.45) is 0.395. The van der Waals surface area contributed by atoms with Gasteiger partial charge in [0, 0.05) is 19.3 Å². The minimum absolute atomic E-state index is 0.129. The number of amides is 1. The number of hydrogen-bond acceptors (Lipinski definition) is 3. The van der Waals surface area contributed by atoms with Crippen molar-refractivity contribution in [3.63, 3.8) is 0 Å². The van der Waals surface area contributed by atoms with E-state index in [1.54, 1.807) is 7.11 Å². The summed E-state index contributed by atoms with van der Waals surface area (Å²) >= 11 is 0. The molecule has 1 aromatic carbocycles. The van der Waals surface area contributed by atoms with Crippen LogP contribution in [-0.4, -0.2) is 29.3 Å². The Kier molecular flexibility index (Phi) is 5.93. The van der Waals surface area contributed by atoms with Gasteiger partial charge in [0.1, 0.15) is 0 Å². The van der Waals surface area contributed by atoms with Gasteiger partial charge in [-0.2, -0.15) is 5.10 Å². The van der Waals surface area contributed by atoms with Crippen LogP contribution in [0.1, 0.15) is 35.5 Å². The molecule has 1 atom stereocenters. The molecule has 0 saturated carbocycles. The van der Waals surface area contributed by atoms with Crippen LogP contribution in [0.2, 0.25) is 0 Å². The Morgan fingerprint density at radius 2 is 2.00 bits per heavy atom. The second-order valence-electron chi connectivity index (χ2n) is 5.54. The van der Waals surface area contributed by atoms with Gasteiger partial charge >= 0.3 is 0 Å². The van der Waals surface area contributed by atoms with E-state index in [2.05, 4.69) is 24.3 Å². The van der Waals surface area contributed by atoms with Crippen LogP contribution in [-0.2, 0) is 22.5 Å². The molecule has 1 aromatic heterocycles. The van der Waals surface area contributed by atoms with Crippen molar-refractivity contribution in [3.8, 4) is 0 Å². The van der Waals surface area contributed by atoms with E-state index in [0.29, 0.717) is 13.1 Å². The number of hydrogen-bond donors (Lipinski definition) is 1. The highest BCUT2D eigenvalue weighted by Crippen LogP contribution is 2.16. The average Bonchev–Trinajstić information content (AvgIpc) is 2.82. The number of ether oxygens (including phenoxy) is 1. The molecule has 1 amide bonds. The number of carbonyl (C=O) groups excluding carboxylic acids is 1. The highest BCUT2D eigenvalue weighted by Gasteiger charge is 2.19. The van der Waals surface area contributed by atoms with E-state index >= 15 is 0 Å². The van der Waals surface area contributed by atoms with E-state index in [1.807, 2.05) is 41.9 Å². The van der Waals surface area contributed by atoms with E-state index in [1.165, 1.54) is 11.3 Å². The topological polar surface area (TPSA) is 56.2 Å². The predicted octanol–water partition coefficient (Wildman–Crippen LogP) is 2.57. The zero-order valence-corrected chi connectivity index (χ0v) is 14.3. The molecule has 1 heterocycles. The van der Waals surface area contributed by atoms with Crippen molar-refractivity contribution in [2.75, 3.05) is 13.7 Å². The first-order valence-electron chi connectivity index (χ1n) is 7.96. The molecule has 0 aliphatic carbocycles. The van der Waals surface area contributed by atoms with Crippen LogP contribution in [0, 0.1) is 13.8 Å². The zero-order valence-electron chi connectivity index (χ0n) is 14.3. The molecule has 5 heteroatoms. The number of methoxy groups -OCH3 is 1. The summed E-state index contributed by atoms with van der Waals surface area (Å²) in [7, 11) is 1.55. The first kappa shape index (κ1) is 17.2. The number of rotatable bonds is 7. The van der Waals surface area contributed by atoms with Gasteiger partial charge in [-0.3, -0.25) is 9.48 Å². The van der Waals surface area contributed by atoms with E-state index in [4.69, 9.17) is 4.74 Å². The first-order valence-corrected chi connectivity index (χ1v) is 7.96. The molecule has 5 nitrogen and oxygen atoms in total. The van der Waals surface area contributed by atoms with Crippen molar-refractivity contribution >= 4 is 5.91 Å². The van der Waals surface area contributed by atoms with Crippen molar-refractivity contribution in [3.05, 3.63) is 52.8 Å². The summed E-state index contributed by atoms with van der Waals surface area (Å²) in [5, 5.41) is 7.46. The normalized spacial score (nSPS) is 12.2. The Bertz CT molecular complexity index is 650. The van der Waals surface area contributed by atoms with Gasteiger partial charge < -0.3 is 10.1 Å². The minimum atomic E-state index is -0.581. The number of carbonyl (C=O) groups is 1. The molecule has 0 fully saturated rings. The predicted molar refractivity (Wildman–Crippen MR) is 90.3 cm³/mol. The lowest BCUT2D eigenvalue weighted by Crippen LogP contribution is -2.33. The molecule has 2 aromatic rings. The van der Waals surface area contributed by atoms with E-state index in [0.717, 1.165) is 17.7 Å². The summed E-state index contributed by atoms with van der Waals surface area (Å²) in [6.45, 7) is 7.41. The quantitative estimate of drug-likeness (QED) is 0.854. The molecule has 0 radical (unpaired) electrons. The SMILES string of the molecule is CCc1c(C)nn(CCNC(=O)[C@H](OC)c2ccccc2)c1C. The Labute approximate surface area is 137 Å². The van der Waals surface area contributed by atoms with Gasteiger partial charge in [0.2, 0.25) is 0 Å². The molecule has 0 spiro atoms. The van der Waals surface area contributed by atoms with Crippen LogP contribution in [0.25, 0.3) is 0 Å². The van der Waals surface area contributed by atoms with Gasteiger partial charge in [-0.05, 0) is 31.4 Å². The standard InChI is InChI=1S/C18H25N3O2/c1-5-16-13(2)20-21(14(16)3)12-11-19-18(22)17(23-4)15-9-7-6-8-10-15/h6-10,17H,5,11-12H2,1-4H3,(H,19,22)/t17-/m1/s1. The fourth-order valence-electron chi connectivity index (χ4n) is 2.86. The first-order chi connectivity index (χ1) is 11.1. The largest absolute Gasteiger partial charge is 0.367 e. The molecule has 0 aliphatic heterocycles. The third-order valence-corrected chi connectivity index (χ3v) is 4.08. The number of nitrogens with zero attached hydrogens (tertiary/aromatic N) is 2. The van der Waals surface area contributed by atoms with Gasteiger partial charge in [0.15, 0.2) is 6.10 Å². The molecule has 0 saturated heterocycles.